The van der Waals surface area contributed by atoms with E-state index in [0.29, 0.717) is 11.3 Å². The highest BCUT2D eigenvalue weighted by Gasteiger charge is 2.11. The molecule has 0 spiro atoms. The molecule has 0 aromatic heterocycles. The van der Waals surface area contributed by atoms with Crippen molar-refractivity contribution in [2.75, 3.05) is 5.73 Å². The van der Waals surface area contributed by atoms with Crippen LogP contribution in [0.5, 0.6) is 0 Å². The Balaban J connectivity index is 2.41. The second-order valence-corrected chi connectivity index (χ2v) is 3.84. The summed E-state index contributed by atoms with van der Waals surface area (Å²) in [4.78, 5) is 0. The van der Waals surface area contributed by atoms with Crippen LogP contribution >= 0.6 is 0 Å². The molecule has 0 amide bonds. The van der Waals surface area contributed by atoms with E-state index in [1.165, 1.54) is 0 Å². The van der Waals surface area contributed by atoms with Gasteiger partial charge in [-0.05, 0) is 29.3 Å². The molecule has 0 aliphatic carbocycles. The molecule has 2 aromatic rings. The lowest BCUT2D eigenvalue weighted by atomic mass is 9.97. The van der Waals surface area contributed by atoms with Gasteiger partial charge in [0.15, 0.2) is 0 Å². The second kappa shape index (κ2) is 4.69. The molecule has 0 saturated heterocycles. The number of nitrogen functional groups attached to an aromatic ring is 1. The first kappa shape index (κ1) is 11.2. The van der Waals surface area contributed by atoms with E-state index in [1.807, 2.05) is 36.4 Å². The molecule has 1 unspecified atom stereocenters. The summed E-state index contributed by atoms with van der Waals surface area (Å²) in [6.07, 6.45) is 0. The molecule has 1 atom stereocenters. The van der Waals surface area contributed by atoms with Crippen molar-refractivity contribution in [2.45, 2.75) is 6.04 Å². The fraction of sp³-hybridized carbons (Fsp3) is 0.0714. The maximum Gasteiger partial charge on any atom is 0.0991 e. The van der Waals surface area contributed by atoms with E-state index in [9.17, 15) is 0 Å². The van der Waals surface area contributed by atoms with Gasteiger partial charge in [-0.25, -0.2) is 0 Å². The topological polar surface area (TPSA) is 75.8 Å². The van der Waals surface area contributed by atoms with E-state index < -0.39 is 0 Å². The van der Waals surface area contributed by atoms with Gasteiger partial charge in [-0.2, -0.15) is 5.26 Å². The Bertz CT molecular complexity index is 570. The van der Waals surface area contributed by atoms with Gasteiger partial charge < -0.3 is 11.5 Å². The van der Waals surface area contributed by atoms with Crippen molar-refractivity contribution in [3.05, 3.63) is 65.2 Å². The Morgan fingerprint density at radius 1 is 1.06 bits per heavy atom. The molecular formula is C14H13N3. The van der Waals surface area contributed by atoms with Crippen LogP contribution in [0.25, 0.3) is 0 Å². The van der Waals surface area contributed by atoms with Crippen LogP contribution in [0, 0.1) is 11.3 Å². The number of hydrogen-bond donors (Lipinski definition) is 2. The summed E-state index contributed by atoms with van der Waals surface area (Å²) in [6, 6.07) is 16.6. The van der Waals surface area contributed by atoms with Gasteiger partial charge in [0, 0.05) is 5.69 Å². The lowest BCUT2D eigenvalue weighted by Crippen LogP contribution is -2.13. The number of benzene rings is 2. The normalized spacial score (nSPS) is 11.8. The summed E-state index contributed by atoms with van der Waals surface area (Å²) < 4.78 is 0. The fourth-order valence-corrected chi connectivity index (χ4v) is 1.78. The van der Waals surface area contributed by atoms with E-state index in [4.69, 9.17) is 16.7 Å². The van der Waals surface area contributed by atoms with Crippen molar-refractivity contribution in [3.8, 4) is 6.07 Å². The Kier molecular flexibility index (Phi) is 3.08. The van der Waals surface area contributed by atoms with Crippen molar-refractivity contribution < 1.29 is 0 Å². The van der Waals surface area contributed by atoms with Crippen LogP contribution in [0.2, 0.25) is 0 Å². The third kappa shape index (κ3) is 2.27. The van der Waals surface area contributed by atoms with Gasteiger partial charge in [0.05, 0.1) is 17.7 Å². The van der Waals surface area contributed by atoms with Crippen molar-refractivity contribution in [1.29, 1.82) is 5.26 Å². The number of anilines is 1. The Hall–Kier alpha value is -2.31. The third-order valence-corrected chi connectivity index (χ3v) is 2.71. The summed E-state index contributed by atoms with van der Waals surface area (Å²) in [5, 5.41) is 8.85. The third-order valence-electron chi connectivity index (χ3n) is 2.71. The van der Waals surface area contributed by atoms with E-state index in [1.54, 1.807) is 12.1 Å². The number of nitriles is 1. The zero-order chi connectivity index (χ0) is 12.3. The van der Waals surface area contributed by atoms with Gasteiger partial charge in [0.25, 0.3) is 0 Å². The summed E-state index contributed by atoms with van der Waals surface area (Å²) in [7, 11) is 0. The first-order valence-corrected chi connectivity index (χ1v) is 5.32. The molecule has 4 N–H and O–H groups in total. The molecule has 0 saturated carbocycles. The number of nitrogens with zero attached hydrogens (tertiary/aromatic N) is 1. The number of hydrogen-bond acceptors (Lipinski definition) is 3. The molecule has 0 aliphatic rings. The van der Waals surface area contributed by atoms with Crippen LogP contribution in [-0.2, 0) is 0 Å². The Morgan fingerprint density at radius 2 is 1.82 bits per heavy atom. The molecule has 0 bridgehead atoms. The molecular weight excluding hydrogens is 210 g/mol. The minimum Gasteiger partial charge on any atom is -0.398 e. The number of para-hydroxylation sites is 1. The highest BCUT2D eigenvalue weighted by molar-refractivity contribution is 5.51. The summed E-state index contributed by atoms with van der Waals surface area (Å²) in [6.45, 7) is 0. The summed E-state index contributed by atoms with van der Waals surface area (Å²) in [5.41, 5.74) is 15.1. The Morgan fingerprint density at radius 3 is 2.53 bits per heavy atom. The molecule has 0 heterocycles. The number of rotatable bonds is 2. The SMILES string of the molecule is N#Cc1cccc(C(N)c2ccccc2N)c1. The van der Waals surface area contributed by atoms with Crippen LogP contribution in [-0.4, -0.2) is 0 Å². The molecule has 84 valence electrons. The van der Waals surface area contributed by atoms with Gasteiger partial charge in [0.2, 0.25) is 0 Å². The van der Waals surface area contributed by atoms with Crippen molar-refractivity contribution >= 4 is 5.69 Å². The van der Waals surface area contributed by atoms with Crippen molar-refractivity contribution in [1.82, 2.24) is 0 Å². The first-order valence-electron chi connectivity index (χ1n) is 5.32. The van der Waals surface area contributed by atoms with Gasteiger partial charge >= 0.3 is 0 Å². The molecule has 17 heavy (non-hydrogen) atoms. The van der Waals surface area contributed by atoms with Crippen molar-refractivity contribution in [2.24, 2.45) is 5.73 Å². The average Bonchev–Trinajstić information content (AvgIpc) is 2.38. The number of nitrogens with two attached hydrogens (primary N) is 2. The highest BCUT2D eigenvalue weighted by atomic mass is 14.7. The van der Waals surface area contributed by atoms with Crippen LogP contribution in [0.15, 0.2) is 48.5 Å². The summed E-state index contributed by atoms with van der Waals surface area (Å²) in [5.74, 6) is 0. The lowest BCUT2D eigenvalue weighted by molar-refractivity contribution is 0.874. The van der Waals surface area contributed by atoms with Crippen molar-refractivity contribution in [3.63, 3.8) is 0 Å². The van der Waals surface area contributed by atoms with E-state index in [0.717, 1.165) is 11.1 Å². The summed E-state index contributed by atoms with van der Waals surface area (Å²) >= 11 is 0. The van der Waals surface area contributed by atoms with Gasteiger partial charge in [0.1, 0.15) is 0 Å². The fourth-order valence-electron chi connectivity index (χ4n) is 1.78. The second-order valence-electron chi connectivity index (χ2n) is 3.84. The van der Waals surface area contributed by atoms with Crippen LogP contribution in [0.3, 0.4) is 0 Å². The van der Waals surface area contributed by atoms with Crippen LogP contribution in [0.4, 0.5) is 5.69 Å². The van der Waals surface area contributed by atoms with E-state index in [-0.39, 0.29) is 6.04 Å². The largest absolute Gasteiger partial charge is 0.398 e. The molecule has 3 heteroatoms. The lowest BCUT2D eigenvalue weighted by Gasteiger charge is -2.14. The highest BCUT2D eigenvalue weighted by Crippen LogP contribution is 2.24. The van der Waals surface area contributed by atoms with Crippen LogP contribution in [0.1, 0.15) is 22.7 Å². The maximum atomic E-state index is 8.85. The average molecular weight is 223 g/mol. The molecule has 0 radical (unpaired) electrons. The van der Waals surface area contributed by atoms with E-state index >= 15 is 0 Å². The van der Waals surface area contributed by atoms with E-state index in [2.05, 4.69) is 6.07 Å². The van der Waals surface area contributed by atoms with Gasteiger partial charge in [-0.3, -0.25) is 0 Å². The maximum absolute atomic E-state index is 8.85. The first-order chi connectivity index (χ1) is 8.22. The Labute approximate surface area is 100 Å². The predicted molar refractivity (Wildman–Crippen MR) is 68.0 cm³/mol. The monoisotopic (exact) mass is 223 g/mol. The van der Waals surface area contributed by atoms with Gasteiger partial charge in [-0.15, -0.1) is 0 Å². The predicted octanol–water partition coefficient (Wildman–Crippen LogP) is 2.19. The molecule has 2 rings (SSSR count). The minimum absolute atomic E-state index is 0.301. The quantitative estimate of drug-likeness (QED) is 0.766. The molecule has 0 aliphatic heterocycles. The smallest absolute Gasteiger partial charge is 0.0991 e. The zero-order valence-corrected chi connectivity index (χ0v) is 9.30. The molecule has 2 aromatic carbocycles. The standard InChI is InChI=1S/C14H13N3/c15-9-10-4-3-5-11(8-10)14(17)12-6-1-2-7-13(12)16/h1-8,14H,16-17H2. The molecule has 3 nitrogen and oxygen atoms in total. The van der Waals surface area contributed by atoms with Gasteiger partial charge in [-0.1, -0.05) is 30.3 Å². The zero-order valence-electron chi connectivity index (χ0n) is 9.30. The minimum atomic E-state index is -0.301. The molecule has 0 fully saturated rings. The van der Waals surface area contributed by atoms with Crippen LogP contribution < -0.4 is 11.5 Å².